The van der Waals surface area contributed by atoms with Gasteiger partial charge in [0.2, 0.25) is 0 Å². The number of ether oxygens (including phenoxy) is 1. The van der Waals surface area contributed by atoms with Crippen molar-refractivity contribution < 1.29 is 9.84 Å². The Bertz CT molecular complexity index is 829. The molecule has 2 atom stereocenters. The number of likely N-dealkylation sites (tertiary alicyclic amines) is 1. The second-order valence-corrected chi connectivity index (χ2v) is 8.01. The van der Waals surface area contributed by atoms with Crippen molar-refractivity contribution in [1.82, 2.24) is 9.88 Å². The van der Waals surface area contributed by atoms with Crippen molar-refractivity contribution in [3.8, 4) is 5.75 Å². The van der Waals surface area contributed by atoms with Gasteiger partial charge in [-0.05, 0) is 50.6 Å². The molecule has 5 heteroatoms. The fourth-order valence-corrected chi connectivity index (χ4v) is 4.64. The van der Waals surface area contributed by atoms with Crippen LogP contribution in [-0.4, -0.2) is 40.8 Å². The lowest BCUT2D eigenvalue weighted by molar-refractivity contribution is 0.0638. The van der Waals surface area contributed by atoms with Gasteiger partial charge in [-0.1, -0.05) is 29.8 Å². The molecule has 0 radical (unpaired) electrons. The number of nitrogens with zero attached hydrogens (tertiary/aromatic N) is 2. The summed E-state index contributed by atoms with van der Waals surface area (Å²) in [5, 5.41) is 11.6. The summed E-state index contributed by atoms with van der Waals surface area (Å²) in [6, 6.07) is 16.5. The minimum atomic E-state index is -0.508. The van der Waals surface area contributed by atoms with Gasteiger partial charge in [-0.15, -0.1) is 11.3 Å². The highest BCUT2D eigenvalue weighted by Gasteiger charge is 2.30. The van der Waals surface area contributed by atoms with Crippen LogP contribution in [0.5, 0.6) is 5.75 Å². The predicted molar refractivity (Wildman–Crippen MR) is 106 cm³/mol. The fourth-order valence-electron chi connectivity index (χ4n) is 3.51. The molecule has 4 nitrogen and oxygen atoms in total. The van der Waals surface area contributed by atoms with Gasteiger partial charge in [-0.25, -0.2) is 4.98 Å². The van der Waals surface area contributed by atoms with Crippen LogP contribution >= 0.6 is 11.3 Å². The van der Waals surface area contributed by atoms with Gasteiger partial charge in [0, 0.05) is 6.54 Å². The second-order valence-electron chi connectivity index (χ2n) is 6.95. The molecule has 4 rings (SSSR count). The minimum absolute atomic E-state index is 0.307. The lowest BCUT2D eigenvalue weighted by Gasteiger charge is -2.25. The first kappa shape index (κ1) is 17.5. The summed E-state index contributed by atoms with van der Waals surface area (Å²) in [5.74, 6) is 0.804. The number of hydrogen-bond acceptors (Lipinski definition) is 5. The number of β-amino-alcohol motifs (C(OH)–C–C–N with tert-alkyl or cyclic N) is 1. The number of benzene rings is 2. The third kappa shape index (κ3) is 3.90. The predicted octanol–water partition coefficient (Wildman–Crippen LogP) is 4.18. The summed E-state index contributed by atoms with van der Waals surface area (Å²) in [6.07, 6.45) is 1.74. The number of hydrogen-bond donors (Lipinski definition) is 1. The Morgan fingerprint density at radius 2 is 2.04 bits per heavy atom. The summed E-state index contributed by atoms with van der Waals surface area (Å²) >= 11 is 1.77. The van der Waals surface area contributed by atoms with Crippen LogP contribution in [0.15, 0.2) is 48.5 Å². The number of fused-ring (bicyclic) bond motifs is 1. The highest BCUT2D eigenvalue weighted by Crippen LogP contribution is 2.36. The van der Waals surface area contributed by atoms with Crippen LogP contribution in [0.4, 0.5) is 0 Å². The summed E-state index contributed by atoms with van der Waals surface area (Å²) in [5.41, 5.74) is 2.27. The van der Waals surface area contributed by atoms with Crippen LogP contribution in [0.1, 0.15) is 29.5 Å². The Hall–Kier alpha value is -1.95. The zero-order valence-corrected chi connectivity index (χ0v) is 15.8. The molecule has 0 spiro atoms. The molecule has 2 aromatic carbocycles. The van der Waals surface area contributed by atoms with Crippen molar-refractivity contribution in [2.75, 3.05) is 19.7 Å². The molecule has 0 aliphatic carbocycles. The number of aromatic nitrogens is 1. The molecule has 0 bridgehead atoms. The maximum Gasteiger partial charge on any atom is 0.119 e. The number of rotatable bonds is 6. The molecular weight excluding hydrogens is 344 g/mol. The highest BCUT2D eigenvalue weighted by molar-refractivity contribution is 7.18. The van der Waals surface area contributed by atoms with Crippen LogP contribution < -0.4 is 4.74 Å². The standard InChI is InChI=1S/C21H24N2O2S/c1-15-8-10-17(11-9-15)25-14-16(24)13-23-12-4-6-19(23)21-22-18-5-2-3-7-20(18)26-21/h2-3,5,7-11,16,19,24H,4,6,12-14H2,1H3. The lowest BCUT2D eigenvalue weighted by atomic mass is 10.2. The SMILES string of the molecule is Cc1ccc(OCC(O)CN2CCCC2c2nc3ccccc3s2)cc1. The van der Waals surface area contributed by atoms with E-state index >= 15 is 0 Å². The van der Waals surface area contributed by atoms with Crippen LogP contribution in [0, 0.1) is 6.92 Å². The second kappa shape index (κ2) is 7.74. The number of thiazole rings is 1. The fraction of sp³-hybridized carbons (Fsp3) is 0.381. The summed E-state index contributed by atoms with van der Waals surface area (Å²) in [6.45, 7) is 3.98. The van der Waals surface area contributed by atoms with Gasteiger partial charge in [-0.3, -0.25) is 4.90 Å². The van der Waals surface area contributed by atoms with E-state index < -0.39 is 6.10 Å². The topological polar surface area (TPSA) is 45.6 Å². The van der Waals surface area contributed by atoms with E-state index in [0.717, 1.165) is 35.7 Å². The van der Waals surface area contributed by atoms with E-state index in [-0.39, 0.29) is 0 Å². The zero-order valence-electron chi connectivity index (χ0n) is 15.0. The average Bonchev–Trinajstić information content (AvgIpc) is 3.27. The van der Waals surface area contributed by atoms with Gasteiger partial charge in [0.1, 0.15) is 23.5 Å². The van der Waals surface area contributed by atoms with Gasteiger partial charge in [0.05, 0.1) is 16.3 Å². The molecular formula is C21H24N2O2S. The summed E-state index contributed by atoms with van der Waals surface area (Å²) in [7, 11) is 0. The van der Waals surface area contributed by atoms with E-state index in [1.54, 1.807) is 11.3 Å². The van der Waals surface area contributed by atoms with Crippen LogP contribution in [0.25, 0.3) is 10.2 Å². The number of aryl methyl sites for hydroxylation is 1. The van der Waals surface area contributed by atoms with E-state index in [2.05, 4.69) is 23.1 Å². The molecule has 1 aromatic heterocycles. The number of para-hydroxylation sites is 1. The van der Waals surface area contributed by atoms with Gasteiger partial charge in [0.15, 0.2) is 0 Å². The normalized spacial score (nSPS) is 19.1. The van der Waals surface area contributed by atoms with Crippen molar-refractivity contribution in [3.63, 3.8) is 0 Å². The first-order chi connectivity index (χ1) is 12.7. The Balaban J connectivity index is 1.37. The maximum atomic E-state index is 10.4. The number of aliphatic hydroxyl groups excluding tert-OH is 1. The molecule has 3 aromatic rings. The van der Waals surface area contributed by atoms with Crippen molar-refractivity contribution in [1.29, 1.82) is 0 Å². The first-order valence-electron chi connectivity index (χ1n) is 9.16. The molecule has 0 saturated carbocycles. The molecule has 1 aliphatic rings. The number of aliphatic hydroxyl groups is 1. The van der Waals surface area contributed by atoms with E-state index in [0.29, 0.717) is 19.2 Å². The van der Waals surface area contributed by atoms with Crippen molar-refractivity contribution in [3.05, 3.63) is 59.1 Å². The zero-order chi connectivity index (χ0) is 17.9. The van der Waals surface area contributed by atoms with Crippen LogP contribution in [0.2, 0.25) is 0 Å². The highest BCUT2D eigenvalue weighted by atomic mass is 32.1. The molecule has 1 saturated heterocycles. The summed E-state index contributed by atoms with van der Waals surface area (Å²) in [4.78, 5) is 7.17. The molecule has 136 valence electrons. The Labute approximate surface area is 158 Å². The Morgan fingerprint density at radius 1 is 1.23 bits per heavy atom. The van der Waals surface area contributed by atoms with Crippen LogP contribution in [0.3, 0.4) is 0 Å². The molecule has 26 heavy (non-hydrogen) atoms. The van der Waals surface area contributed by atoms with Crippen molar-refractivity contribution in [2.24, 2.45) is 0 Å². The molecule has 1 fully saturated rings. The maximum absolute atomic E-state index is 10.4. The summed E-state index contributed by atoms with van der Waals surface area (Å²) < 4.78 is 6.97. The van der Waals surface area contributed by atoms with Gasteiger partial charge >= 0.3 is 0 Å². The quantitative estimate of drug-likeness (QED) is 0.709. The van der Waals surface area contributed by atoms with Gasteiger partial charge < -0.3 is 9.84 Å². The molecule has 2 unspecified atom stereocenters. The van der Waals surface area contributed by atoms with E-state index in [1.807, 2.05) is 37.3 Å². The average molecular weight is 369 g/mol. The van der Waals surface area contributed by atoms with Gasteiger partial charge in [-0.2, -0.15) is 0 Å². The third-order valence-corrected chi connectivity index (χ3v) is 6.01. The molecule has 0 amide bonds. The smallest absolute Gasteiger partial charge is 0.119 e. The molecule has 2 heterocycles. The van der Waals surface area contributed by atoms with Gasteiger partial charge in [0.25, 0.3) is 0 Å². The molecule has 1 N–H and O–H groups in total. The monoisotopic (exact) mass is 368 g/mol. The van der Waals surface area contributed by atoms with Crippen molar-refractivity contribution in [2.45, 2.75) is 31.9 Å². The van der Waals surface area contributed by atoms with Crippen molar-refractivity contribution >= 4 is 21.6 Å². The Kier molecular flexibility index (Phi) is 5.20. The first-order valence-corrected chi connectivity index (χ1v) is 9.98. The largest absolute Gasteiger partial charge is 0.491 e. The van der Waals surface area contributed by atoms with E-state index in [4.69, 9.17) is 9.72 Å². The minimum Gasteiger partial charge on any atom is -0.491 e. The van der Waals surface area contributed by atoms with E-state index in [1.165, 1.54) is 10.3 Å². The van der Waals surface area contributed by atoms with E-state index in [9.17, 15) is 5.11 Å². The van der Waals surface area contributed by atoms with Crippen LogP contribution in [-0.2, 0) is 0 Å². The lowest BCUT2D eigenvalue weighted by Crippen LogP contribution is -2.35. The third-order valence-electron chi connectivity index (χ3n) is 4.87. The molecule has 1 aliphatic heterocycles. The Morgan fingerprint density at radius 3 is 2.85 bits per heavy atom.